The Labute approximate surface area is 241 Å². The molecule has 2 aromatic carbocycles. The molecule has 2 saturated heterocycles. The Hall–Kier alpha value is -4.17. The van der Waals surface area contributed by atoms with Crippen LogP contribution in [-0.2, 0) is 21.9 Å². The number of carbonyl (C=O) groups is 4. The Balaban J connectivity index is 1.54. The van der Waals surface area contributed by atoms with Crippen LogP contribution >= 0.6 is 0 Å². The monoisotopic (exact) mass is 616 g/mol. The molecular formula is C28H27F7N4O4. The molecule has 43 heavy (non-hydrogen) atoms. The number of alkyl halides is 6. The van der Waals surface area contributed by atoms with E-state index in [2.05, 4.69) is 5.32 Å². The number of likely N-dealkylation sites (tertiary alicyclic amines) is 1. The molecule has 8 nitrogen and oxygen atoms in total. The van der Waals surface area contributed by atoms with Crippen LogP contribution in [-0.4, -0.2) is 65.3 Å². The van der Waals surface area contributed by atoms with Crippen LogP contribution in [0.3, 0.4) is 0 Å². The van der Waals surface area contributed by atoms with Gasteiger partial charge in [0.25, 0.3) is 11.8 Å². The summed E-state index contributed by atoms with van der Waals surface area (Å²) in [5.74, 6) is -4.26. The van der Waals surface area contributed by atoms with E-state index in [1.54, 1.807) is 13.8 Å². The number of anilines is 1. The zero-order valence-corrected chi connectivity index (χ0v) is 23.1. The van der Waals surface area contributed by atoms with Gasteiger partial charge in [-0.2, -0.15) is 26.3 Å². The first-order valence-corrected chi connectivity index (χ1v) is 13.1. The van der Waals surface area contributed by atoms with Gasteiger partial charge in [0, 0.05) is 25.8 Å². The molecule has 1 spiro atoms. The summed E-state index contributed by atoms with van der Waals surface area (Å²) in [6, 6.07) is 3.08. The van der Waals surface area contributed by atoms with Crippen molar-refractivity contribution in [2.75, 3.05) is 25.0 Å². The summed E-state index contributed by atoms with van der Waals surface area (Å²) < 4.78 is 92.9. The molecule has 232 valence electrons. The van der Waals surface area contributed by atoms with Gasteiger partial charge in [0.2, 0.25) is 5.91 Å². The summed E-state index contributed by atoms with van der Waals surface area (Å²) in [6.45, 7) is 2.94. The van der Waals surface area contributed by atoms with Crippen molar-refractivity contribution in [3.63, 3.8) is 0 Å². The third-order valence-corrected chi connectivity index (χ3v) is 7.72. The molecule has 5 amide bonds. The molecule has 2 aliphatic heterocycles. The van der Waals surface area contributed by atoms with Crippen LogP contribution in [0.2, 0.25) is 0 Å². The number of carbonyl (C=O) groups excluding carboxylic acids is 4. The second-order valence-electron chi connectivity index (χ2n) is 10.8. The standard InChI is InChI=1S/C28H27F7N4O4/c1-15(2)21(36-22(40)19-14-17(28(33,34)35)6-9-20(19)29)23(41)38-12-10-26(11-13-38)24(42)37(3)25(43)39(26)18-7-4-16(5-8-18)27(30,31)32/h4-9,14-15,21H,10-13H2,1-3H3,(H,36,40)/t21-/m1/s1. The van der Waals surface area contributed by atoms with E-state index in [0.29, 0.717) is 18.2 Å². The predicted octanol–water partition coefficient (Wildman–Crippen LogP) is 5.08. The highest BCUT2D eigenvalue weighted by atomic mass is 19.4. The van der Waals surface area contributed by atoms with Gasteiger partial charge in [-0.1, -0.05) is 13.8 Å². The van der Waals surface area contributed by atoms with Gasteiger partial charge in [-0.25, -0.2) is 9.18 Å². The lowest BCUT2D eigenvalue weighted by Gasteiger charge is -2.43. The number of nitrogens with zero attached hydrogens (tertiary/aromatic N) is 3. The van der Waals surface area contributed by atoms with E-state index >= 15 is 0 Å². The highest BCUT2D eigenvalue weighted by Gasteiger charge is 2.58. The second kappa shape index (κ2) is 11.2. The lowest BCUT2D eigenvalue weighted by atomic mass is 9.85. The first-order valence-electron chi connectivity index (χ1n) is 13.1. The van der Waals surface area contributed by atoms with Crippen molar-refractivity contribution < 1.29 is 49.9 Å². The number of hydrogen-bond acceptors (Lipinski definition) is 4. The molecule has 15 heteroatoms. The van der Waals surface area contributed by atoms with Gasteiger partial charge in [-0.15, -0.1) is 0 Å². The summed E-state index contributed by atoms with van der Waals surface area (Å²) in [5.41, 5.74) is -4.50. The smallest absolute Gasteiger partial charge is 0.341 e. The molecule has 2 aromatic rings. The molecule has 2 aliphatic rings. The van der Waals surface area contributed by atoms with E-state index in [0.717, 1.165) is 34.1 Å². The molecule has 0 bridgehead atoms. The molecule has 0 unspecified atom stereocenters. The number of amides is 5. The zero-order valence-electron chi connectivity index (χ0n) is 23.1. The minimum absolute atomic E-state index is 0.0610. The third-order valence-electron chi connectivity index (χ3n) is 7.72. The van der Waals surface area contributed by atoms with Crippen molar-refractivity contribution >= 4 is 29.4 Å². The maximum absolute atomic E-state index is 14.3. The Morgan fingerprint density at radius 3 is 1.93 bits per heavy atom. The molecular weight excluding hydrogens is 589 g/mol. The van der Waals surface area contributed by atoms with Gasteiger partial charge >= 0.3 is 18.4 Å². The molecule has 0 saturated carbocycles. The molecule has 0 radical (unpaired) electrons. The first kappa shape index (κ1) is 31.8. The second-order valence-corrected chi connectivity index (χ2v) is 10.8. The highest BCUT2D eigenvalue weighted by molar-refractivity contribution is 6.16. The Morgan fingerprint density at radius 2 is 1.42 bits per heavy atom. The van der Waals surface area contributed by atoms with Gasteiger partial charge in [-0.3, -0.25) is 24.2 Å². The lowest BCUT2D eigenvalue weighted by molar-refractivity contribution is -0.139. The van der Waals surface area contributed by atoms with Gasteiger partial charge in [0.15, 0.2) is 0 Å². The van der Waals surface area contributed by atoms with Crippen LogP contribution in [0.15, 0.2) is 42.5 Å². The normalized spacial score (nSPS) is 18.1. The molecule has 2 fully saturated rings. The third kappa shape index (κ3) is 5.89. The van der Waals surface area contributed by atoms with Gasteiger partial charge in [0.05, 0.1) is 16.7 Å². The number of rotatable bonds is 5. The van der Waals surface area contributed by atoms with E-state index in [4.69, 9.17) is 0 Å². The van der Waals surface area contributed by atoms with E-state index in [-0.39, 0.29) is 31.6 Å². The number of piperidine rings is 1. The number of benzene rings is 2. The summed E-state index contributed by atoms with van der Waals surface area (Å²) >= 11 is 0. The number of hydrogen-bond donors (Lipinski definition) is 1. The van der Waals surface area contributed by atoms with Crippen LogP contribution < -0.4 is 10.2 Å². The van der Waals surface area contributed by atoms with E-state index in [1.165, 1.54) is 11.9 Å². The van der Waals surface area contributed by atoms with Gasteiger partial charge in [0.1, 0.15) is 17.4 Å². The average Bonchev–Trinajstić information content (AvgIpc) is 3.11. The van der Waals surface area contributed by atoms with E-state index in [9.17, 15) is 49.9 Å². The molecule has 2 heterocycles. The fraction of sp³-hybridized carbons (Fsp3) is 0.429. The number of halogens is 7. The minimum Gasteiger partial charge on any atom is -0.341 e. The quantitative estimate of drug-likeness (QED) is 0.375. The topological polar surface area (TPSA) is 90.0 Å². The van der Waals surface area contributed by atoms with Crippen LogP contribution in [0, 0.1) is 11.7 Å². The van der Waals surface area contributed by atoms with Crippen molar-refractivity contribution in [3.05, 3.63) is 65.0 Å². The maximum Gasteiger partial charge on any atom is 0.416 e. The molecule has 4 rings (SSSR count). The van der Waals surface area contributed by atoms with Crippen LogP contribution in [0.5, 0.6) is 0 Å². The van der Waals surface area contributed by atoms with Crippen molar-refractivity contribution in [1.82, 2.24) is 15.1 Å². The SMILES string of the molecule is CC(C)[C@@H](NC(=O)c1cc(C(F)(F)F)ccc1F)C(=O)N1CCC2(CC1)C(=O)N(C)C(=O)N2c1ccc(C(F)(F)F)cc1. The average molecular weight is 617 g/mol. The maximum atomic E-state index is 14.3. The summed E-state index contributed by atoms with van der Waals surface area (Å²) in [4.78, 5) is 55.8. The molecule has 0 aromatic heterocycles. The van der Waals surface area contributed by atoms with Crippen molar-refractivity contribution in [2.24, 2.45) is 5.92 Å². The minimum atomic E-state index is -4.83. The molecule has 1 atom stereocenters. The fourth-order valence-corrected chi connectivity index (χ4v) is 5.32. The van der Waals surface area contributed by atoms with Gasteiger partial charge in [-0.05, 0) is 61.2 Å². The Morgan fingerprint density at radius 1 is 0.884 bits per heavy atom. The number of imide groups is 1. The predicted molar refractivity (Wildman–Crippen MR) is 138 cm³/mol. The highest BCUT2D eigenvalue weighted by Crippen LogP contribution is 2.41. The van der Waals surface area contributed by atoms with Crippen molar-refractivity contribution in [2.45, 2.75) is 50.6 Å². The Bertz CT molecular complexity index is 1430. The Kier molecular flexibility index (Phi) is 8.24. The summed E-state index contributed by atoms with van der Waals surface area (Å²) in [5, 5.41) is 2.32. The van der Waals surface area contributed by atoms with E-state index < -0.39 is 76.1 Å². The molecule has 1 N–H and O–H groups in total. The van der Waals surface area contributed by atoms with Crippen molar-refractivity contribution in [3.8, 4) is 0 Å². The summed E-state index contributed by atoms with van der Waals surface area (Å²) in [7, 11) is 1.24. The number of urea groups is 1. The summed E-state index contributed by atoms with van der Waals surface area (Å²) in [6.07, 6.45) is -9.62. The van der Waals surface area contributed by atoms with Crippen LogP contribution in [0.25, 0.3) is 0 Å². The van der Waals surface area contributed by atoms with Crippen molar-refractivity contribution in [1.29, 1.82) is 0 Å². The molecule has 0 aliphatic carbocycles. The zero-order chi connectivity index (χ0) is 32.1. The number of likely N-dealkylation sites (N-methyl/N-ethyl adjacent to an activating group) is 1. The first-order chi connectivity index (χ1) is 19.9. The van der Waals surface area contributed by atoms with Gasteiger partial charge < -0.3 is 10.2 Å². The van der Waals surface area contributed by atoms with E-state index in [1.807, 2.05) is 0 Å². The largest absolute Gasteiger partial charge is 0.416 e. The van der Waals surface area contributed by atoms with Crippen LogP contribution in [0.4, 0.5) is 41.2 Å². The number of nitrogens with one attached hydrogen (secondary N) is 1. The fourth-order valence-electron chi connectivity index (χ4n) is 5.32. The van der Waals surface area contributed by atoms with Crippen LogP contribution in [0.1, 0.15) is 48.2 Å². The lowest BCUT2D eigenvalue weighted by Crippen LogP contribution is -2.60.